The van der Waals surface area contributed by atoms with E-state index in [1.807, 2.05) is 41.3 Å². The fourth-order valence-electron chi connectivity index (χ4n) is 3.06. The van der Waals surface area contributed by atoms with Crippen LogP contribution >= 0.6 is 0 Å². The molecular formula is C18H19NO3. The van der Waals surface area contributed by atoms with Gasteiger partial charge in [-0.25, -0.2) is 0 Å². The van der Waals surface area contributed by atoms with E-state index in [-0.39, 0.29) is 11.8 Å². The van der Waals surface area contributed by atoms with Gasteiger partial charge in [0, 0.05) is 6.04 Å². The molecule has 0 N–H and O–H groups in total. The minimum Gasteiger partial charge on any atom is -0.492 e. The van der Waals surface area contributed by atoms with E-state index < -0.39 is 0 Å². The van der Waals surface area contributed by atoms with E-state index in [0.717, 1.165) is 36.3 Å². The second kappa shape index (κ2) is 5.52. The molecule has 4 rings (SSSR count). The SMILES string of the molecule is O=C(C1COc2ccccc2C1)N(Cc1ccco1)C1CC1. The normalized spacial score (nSPS) is 20.1. The third kappa shape index (κ3) is 2.61. The molecule has 0 radical (unpaired) electrons. The Morgan fingerprint density at radius 1 is 1.18 bits per heavy atom. The fourth-order valence-corrected chi connectivity index (χ4v) is 3.06. The molecular weight excluding hydrogens is 278 g/mol. The first-order chi connectivity index (χ1) is 10.8. The molecule has 2 heterocycles. The standard InChI is InChI=1S/C18H19NO3/c20-18(14-10-13-4-1-2-6-17(13)22-12-14)19(15-7-8-15)11-16-5-3-9-21-16/h1-6,9,14-15H,7-8,10-12H2. The predicted octanol–water partition coefficient (Wildman–Crippen LogP) is 3.02. The molecule has 0 spiro atoms. The maximum Gasteiger partial charge on any atom is 0.230 e. The smallest absolute Gasteiger partial charge is 0.230 e. The zero-order valence-electron chi connectivity index (χ0n) is 12.4. The molecule has 1 aliphatic heterocycles. The van der Waals surface area contributed by atoms with Gasteiger partial charge in [-0.05, 0) is 43.0 Å². The largest absolute Gasteiger partial charge is 0.492 e. The van der Waals surface area contributed by atoms with E-state index in [1.165, 1.54) is 0 Å². The van der Waals surface area contributed by atoms with Crippen LogP contribution in [0.3, 0.4) is 0 Å². The van der Waals surface area contributed by atoms with E-state index in [2.05, 4.69) is 0 Å². The Labute approximate surface area is 129 Å². The van der Waals surface area contributed by atoms with Gasteiger partial charge < -0.3 is 14.1 Å². The molecule has 2 aliphatic rings. The second-order valence-corrected chi connectivity index (χ2v) is 6.10. The molecule has 22 heavy (non-hydrogen) atoms. The summed E-state index contributed by atoms with van der Waals surface area (Å²) in [5.74, 6) is 1.85. The van der Waals surface area contributed by atoms with Crippen molar-refractivity contribution < 1.29 is 13.9 Å². The molecule has 1 saturated carbocycles. The van der Waals surface area contributed by atoms with Crippen LogP contribution in [0.25, 0.3) is 0 Å². The minimum absolute atomic E-state index is 0.0922. The molecule has 1 unspecified atom stereocenters. The summed E-state index contributed by atoms with van der Waals surface area (Å²) in [5, 5.41) is 0. The fraction of sp³-hybridized carbons (Fsp3) is 0.389. The van der Waals surface area contributed by atoms with Crippen molar-refractivity contribution in [2.24, 2.45) is 5.92 Å². The molecule has 1 aromatic heterocycles. The summed E-state index contributed by atoms with van der Waals surface area (Å²) in [6.07, 6.45) is 4.61. The number of furan rings is 1. The molecule has 1 aliphatic carbocycles. The third-order valence-corrected chi connectivity index (χ3v) is 4.41. The van der Waals surface area contributed by atoms with Gasteiger partial charge in [-0.1, -0.05) is 18.2 Å². The molecule has 114 valence electrons. The lowest BCUT2D eigenvalue weighted by Gasteiger charge is -2.30. The molecule has 1 amide bonds. The van der Waals surface area contributed by atoms with Crippen molar-refractivity contribution in [1.29, 1.82) is 0 Å². The monoisotopic (exact) mass is 297 g/mol. The topological polar surface area (TPSA) is 42.7 Å². The number of hydrogen-bond acceptors (Lipinski definition) is 3. The van der Waals surface area contributed by atoms with Crippen LogP contribution in [0.2, 0.25) is 0 Å². The molecule has 4 heteroatoms. The summed E-state index contributed by atoms with van der Waals surface area (Å²) in [6, 6.07) is 12.1. The number of para-hydroxylation sites is 1. The molecule has 1 fully saturated rings. The number of nitrogens with zero attached hydrogens (tertiary/aromatic N) is 1. The van der Waals surface area contributed by atoms with E-state index in [0.29, 0.717) is 19.2 Å². The summed E-state index contributed by atoms with van der Waals surface area (Å²) < 4.78 is 11.2. The maximum atomic E-state index is 12.9. The Bertz CT molecular complexity index is 661. The van der Waals surface area contributed by atoms with E-state index in [9.17, 15) is 4.79 Å². The Balaban J connectivity index is 1.50. The van der Waals surface area contributed by atoms with Crippen molar-refractivity contribution in [2.45, 2.75) is 31.8 Å². The Kier molecular flexibility index (Phi) is 3.37. The van der Waals surface area contributed by atoms with Crippen LogP contribution in [0.1, 0.15) is 24.2 Å². The molecule has 1 aromatic carbocycles. The zero-order chi connectivity index (χ0) is 14.9. The number of ether oxygens (including phenoxy) is 1. The number of fused-ring (bicyclic) bond motifs is 1. The summed E-state index contributed by atoms with van der Waals surface area (Å²) >= 11 is 0. The quantitative estimate of drug-likeness (QED) is 0.871. The van der Waals surface area contributed by atoms with Gasteiger partial charge in [0.2, 0.25) is 5.91 Å². The predicted molar refractivity (Wildman–Crippen MR) is 81.4 cm³/mol. The van der Waals surface area contributed by atoms with Crippen LogP contribution < -0.4 is 4.74 Å². The van der Waals surface area contributed by atoms with Crippen molar-refractivity contribution in [3.05, 3.63) is 54.0 Å². The van der Waals surface area contributed by atoms with Gasteiger partial charge in [0.05, 0.1) is 18.7 Å². The van der Waals surface area contributed by atoms with Crippen LogP contribution in [0.15, 0.2) is 47.1 Å². The third-order valence-electron chi connectivity index (χ3n) is 4.41. The van der Waals surface area contributed by atoms with E-state index >= 15 is 0 Å². The van der Waals surface area contributed by atoms with Crippen LogP contribution in [-0.2, 0) is 17.8 Å². The van der Waals surface area contributed by atoms with Crippen LogP contribution in [-0.4, -0.2) is 23.5 Å². The number of carbonyl (C=O) groups excluding carboxylic acids is 1. The van der Waals surface area contributed by atoms with Gasteiger partial charge in [-0.15, -0.1) is 0 Å². The van der Waals surface area contributed by atoms with Crippen molar-refractivity contribution >= 4 is 5.91 Å². The van der Waals surface area contributed by atoms with Crippen molar-refractivity contribution in [3.63, 3.8) is 0 Å². The summed E-state index contributed by atoms with van der Waals surface area (Å²) in [7, 11) is 0. The van der Waals surface area contributed by atoms with Gasteiger partial charge >= 0.3 is 0 Å². The summed E-state index contributed by atoms with van der Waals surface area (Å²) in [5.41, 5.74) is 1.13. The highest BCUT2D eigenvalue weighted by Gasteiger charge is 2.37. The lowest BCUT2D eigenvalue weighted by molar-refractivity contribution is -0.138. The van der Waals surface area contributed by atoms with Gasteiger partial charge in [-0.3, -0.25) is 4.79 Å². The number of hydrogen-bond donors (Lipinski definition) is 0. The number of amides is 1. The first kappa shape index (κ1) is 13.4. The molecule has 0 bridgehead atoms. The zero-order valence-corrected chi connectivity index (χ0v) is 12.4. The average molecular weight is 297 g/mol. The molecule has 0 saturated heterocycles. The van der Waals surface area contributed by atoms with Gasteiger partial charge in [0.15, 0.2) is 0 Å². The van der Waals surface area contributed by atoms with E-state index in [1.54, 1.807) is 6.26 Å². The maximum absolute atomic E-state index is 12.9. The summed E-state index contributed by atoms with van der Waals surface area (Å²) in [6.45, 7) is 1.03. The number of carbonyl (C=O) groups is 1. The minimum atomic E-state index is -0.0922. The lowest BCUT2D eigenvalue weighted by atomic mass is 9.95. The second-order valence-electron chi connectivity index (χ2n) is 6.10. The van der Waals surface area contributed by atoms with E-state index in [4.69, 9.17) is 9.15 Å². The highest BCUT2D eigenvalue weighted by atomic mass is 16.5. The first-order valence-corrected chi connectivity index (χ1v) is 7.85. The summed E-state index contributed by atoms with van der Waals surface area (Å²) in [4.78, 5) is 14.9. The Morgan fingerprint density at radius 2 is 2.05 bits per heavy atom. The van der Waals surface area contributed by atoms with Gasteiger partial charge in [0.25, 0.3) is 0 Å². The average Bonchev–Trinajstić information content (AvgIpc) is 3.27. The van der Waals surface area contributed by atoms with Crippen LogP contribution in [0.5, 0.6) is 5.75 Å². The molecule has 2 aromatic rings. The van der Waals surface area contributed by atoms with Crippen molar-refractivity contribution in [3.8, 4) is 5.75 Å². The Hall–Kier alpha value is -2.23. The first-order valence-electron chi connectivity index (χ1n) is 7.85. The van der Waals surface area contributed by atoms with Gasteiger partial charge in [-0.2, -0.15) is 0 Å². The van der Waals surface area contributed by atoms with Crippen LogP contribution in [0, 0.1) is 5.92 Å². The highest BCUT2D eigenvalue weighted by Crippen LogP contribution is 2.33. The lowest BCUT2D eigenvalue weighted by Crippen LogP contribution is -2.41. The molecule has 1 atom stereocenters. The van der Waals surface area contributed by atoms with Gasteiger partial charge in [0.1, 0.15) is 18.1 Å². The van der Waals surface area contributed by atoms with Crippen molar-refractivity contribution in [2.75, 3.05) is 6.61 Å². The Morgan fingerprint density at radius 3 is 2.82 bits per heavy atom. The number of rotatable bonds is 4. The number of benzene rings is 1. The molecule has 4 nitrogen and oxygen atoms in total. The van der Waals surface area contributed by atoms with Crippen molar-refractivity contribution in [1.82, 2.24) is 4.90 Å². The highest BCUT2D eigenvalue weighted by molar-refractivity contribution is 5.80. The van der Waals surface area contributed by atoms with Crippen LogP contribution in [0.4, 0.5) is 0 Å².